The summed E-state index contributed by atoms with van der Waals surface area (Å²) in [5, 5.41) is 8.44. The largest absolute Gasteiger partial charge is 0.383 e. The number of hydrogen-bond acceptors (Lipinski definition) is 2. The molecule has 0 bridgehead atoms. The van der Waals surface area contributed by atoms with Crippen LogP contribution in [0.1, 0.15) is 13.3 Å². The molecular weight excluding hydrogens is 84.1 g/mol. The highest BCUT2D eigenvalue weighted by molar-refractivity contribution is 7.80. The number of hydrogen-bond donors (Lipinski definition) is 2. The van der Waals surface area contributed by atoms with Crippen LogP contribution in [-0.4, -0.2) is 11.7 Å². The van der Waals surface area contributed by atoms with E-state index in [2.05, 4.69) is 0 Å². The van der Waals surface area contributed by atoms with Gasteiger partial charge in [0.15, 0.2) is 0 Å². The van der Waals surface area contributed by atoms with Crippen molar-refractivity contribution >= 4 is 12.5 Å². The van der Waals surface area contributed by atoms with Crippen LogP contribution in [0.25, 0.3) is 0 Å². The van der Waals surface area contributed by atoms with Gasteiger partial charge in [0.1, 0.15) is 1.12 Å². The predicted molar refractivity (Wildman–Crippen MR) is 25.3 cm³/mol. The summed E-state index contributed by atoms with van der Waals surface area (Å²) in [4.78, 5) is 0. The minimum atomic E-state index is -0.481. The Morgan fingerprint density at radius 2 is 3.00 bits per heavy atom. The fraction of sp³-hybridized carbons (Fsp3) is 1.00. The molecule has 1 atom stereocenters. The van der Waals surface area contributed by atoms with Crippen molar-refractivity contribution in [1.82, 2.24) is 0 Å². The highest BCUT2D eigenvalue weighted by Gasteiger charge is 1.82. The summed E-state index contributed by atoms with van der Waals surface area (Å²) in [6.45, 7) is 1.84. The van der Waals surface area contributed by atoms with Gasteiger partial charge in [0, 0.05) is 0 Å². The summed E-state index contributed by atoms with van der Waals surface area (Å²) in [5.41, 5.74) is -0.481. The number of rotatable bonds is 2. The molecule has 2 heteroatoms. The first-order valence-corrected chi connectivity index (χ1v) is 2.08. The van der Waals surface area contributed by atoms with Crippen LogP contribution >= 0.6 is 12.5 Å². The van der Waals surface area contributed by atoms with Crippen LogP contribution in [0.4, 0.5) is 0 Å². The van der Waals surface area contributed by atoms with Crippen molar-refractivity contribution in [3.05, 3.63) is 0 Å². The normalized spacial score (nSPS) is 17.6. The van der Waals surface area contributed by atoms with Crippen molar-refractivity contribution in [2.75, 3.05) is 0 Å². The molecule has 0 aromatic rings. The van der Waals surface area contributed by atoms with Crippen molar-refractivity contribution in [2.24, 2.45) is 0 Å². The number of aliphatic hydroxyl groups is 1. The van der Waals surface area contributed by atoms with Crippen molar-refractivity contribution in [1.29, 1.82) is 1.12 Å². The zero-order valence-electron chi connectivity index (χ0n) is 4.14. The third kappa shape index (κ3) is 4.31. The van der Waals surface area contributed by atoms with E-state index in [1.807, 2.05) is 6.92 Å². The summed E-state index contributed by atoms with van der Waals surface area (Å²) < 4.78 is 6.48. The van der Waals surface area contributed by atoms with Crippen molar-refractivity contribution in [3.63, 3.8) is 0 Å². The van der Waals surface area contributed by atoms with E-state index in [-0.39, 0.29) is 0 Å². The molecule has 1 N–H and O–H groups in total. The second-order valence-corrected chi connectivity index (χ2v) is 1.41. The molecule has 0 aliphatic rings. The van der Waals surface area contributed by atoms with Gasteiger partial charge in [-0.25, -0.2) is 0 Å². The Balaban J connectivity index is 2.75. The van der Waals surface area contributed by atoms with Crippen LogP contribution in [0.5, 0.6) is 0 Å². The van der Waals surface area contributed by atoms with E-state index in [0.717, 1.165) is 12.5 Å². The molecule has 0 saturated heterocycles. The molecule has 5 heavy (non-hydrogen) atoms. The first-order valence-electron chi connectivity index (χ1n) is 2.02. The van der Waals surface area contributed by atoms with E-state index < -0.39 is 5.44 Å². The van der Waals surface area contributed by atoms with E-state index in [1.165, 1.54) is 0 Å². The maximum Gasteiger partial charge on any atom is 0.105 e. The lowest BCUT2D eigenvalue weighted by atomic mass is 10.5. The fourth-order valence-electron chi connectivity index (χ4n) is 0. The van der Waals surface area contributed by atoms with Gasteiger partial charge in [-0.1, -0.05) is 6.92 Å². The lowest BCUT2D eigenvalue weighted by molar-refractivity contribution is 0.261. The maximum atomic E-state index is 8.44. The van der Waals surface area contributed by atoms with Crippen LogP contribution in [0, 0.1) is 0 Å². The standard InChI is InChI=1S/C3H8OS/c1-2-3(4)5/h3-5H,2H2,1H3/i/hT. The number of thiol groups is 1. The van der Waals surface area contributed by atoms with Crippen LogP contribution in [0.3, 0.4) is 0 Å². The Labute approximate surface area is 38.5 Å². The first kappa shape index (κ1) is 3.50. The molecule has 0 aromatic heterocycles. The van der Waals surface area contributed by atoms with Gasteiger partial charge in [-0.05, 0) is 6.42 Å². The molecule has 1 nitrogen and oxygen atoms in total. The van der Waals surface area contributed by atoms with E-state index >= 15 is 0 Å². The van der Waals surface area contributed by atoms with Crippen LogP contribution in [0.15, 0.2) is 0 Å². The highest BCUT2D eigenvalue weighted by Crippen LogP contribution is 1.90. The summed E-state index contributed by atoms with van der Waals surface area (Å²) in [6, 6.07) is 0. The van der Waals surface area contributed by atoms with E-state index in [9.17, 15) is 0 Å². The maximum absolute atomic E-state index is 8.44. The molecule has 0 spiro atoms. The van der Waals surface area contributed by atoms with Gasteiger partial charge in [0.05, 0.1) is 5.44 Å². The highest BCUT2D eigenvalue weighted by atomic mass is 32.1. The Kier molecular flexibility index (Phi) is 1.78. The zero-order chi connectivity index (χ0) is 4.99. The van der Waals surface area contributed by atoms with Gasteiger partial charge in [-0.15, -0.1) is 12.5 Å². The van der Waals surface area contributed by atoms with Gasteiger partial charge in [0.2, 0.25) is 0 Å². The first-order chi connectivity index (χ1) is 2.81. The Bertz CT molecular complexity index is 30.0. The summed E-state index contributed by atoms with van der Waals surface area (Å²) in [5.74, 6) is 0. The second kappa shape index (κ2) is 2.54. The molecular formula is C3H8OS. The second-order valence-electron chi connectivity index (χ2n) is 0.863. The smallest absolute Gasteiger partial charge is 0.105 e. The van der Waals surface area contributed by atoms with Crippen molar-refractivity contribution in [3.8, 4) is 0 Å². The average molecular weight is 94.2 g/mol. The lowest BCUT2D eigenvalue weighted by Gasteiger charge is -1.89. The van der Waals surface area contributed by atoms with Gasteiger partial charge < -0.3 is 5.11 Å². The fourth-order valence-corrected chi connectivity index (χ4v) is 0. The topological polar surface area (TPSA) is 20.2 Å². The third-order valence-electron chi connectivity index (χ3n) is 0.349. The lowest BCUT2D eigenvalue weighted by Crippen LogP contribution is -1.88. The Morgan fingerprint density at radius 3 is 3.00 bits per heavy atom. The minimum Gasteiger partial charge on any atom is -0.383 e. The van der Waals surface area contributed by atoms with Crippen LogP contribution in [-0.2, 0) is 0 Å². The molecule has 0 saturated carbocycles. The Hall–Kier alpha value is 0.310. The molecule has 0 rings (SSSR count). The summed E-state index contributed by atoms with van der Waals surface area (Å²) >= 11 is 0.730. The van der Waals surface area contributed by atoms with E-state index in [1.54, 1.807) is 0 Å². The Morgan fingerprint density at radius 1 is 2.40 bits per heavy atom. The third-order valence-corrected chi connectivity index (χ3v) is 0.683. The monoisotopic (exact) mass is 94.0 g/mol. The molecule has 1 unspecified atom stereocenters. The molecule has 0 heterocycles. The van der Waals surface area contributed by atoms with Gasteiger partial charge in [0.25, 0.3) is 0 Å². The molecule has 0 aliphatic carbocycles. The van der Waals surface area contributed by atoms with Gasteiger partial charge in [-0.3, -0.25) is 0 Å². The summed E-state index contributed by atoms with van der Waals surface area (Å²) in [6.07, 6.45) is 0.661. The van der Waals surface area contributed by atoms with Gasteiger partial charge >= 0.3 is 0 Å². The van der Waals surface area contributed by atoms with Crippen LogP contribution < -0.4 is 0 Å². The summed E-state index contributed by atoms with van der Waals surface area (Å²) in [7, 11) is 0. The quantitative estimate of drug-likeness (QED) is 0.380. The zero-order valence-corrected chi connectivity index (χ0v) is 3.96. The van der Waals surface area contributed by atoms with E-state index in [4.69, 9.17) is 6.23 Å². The average Bonchev–Trinajstić information content (AvgIpc) is 1.65. The van der Waals surface area contributed by atoms with Gasteiger partial charge in [-0.2, -0.15) is 0 Å². The molecule has 0 radical (unpaired) electrons. The molecule has 0 amide bonds. The predicted octanol–water partition coefficient (Wildman–Crippen LogP) is 0.645. The number of aliphatic hydroxyl groups excluding tert-OH is 1. The molecule has 0 aliphatic heterocycles. The SMILES string of the molecule is [3H]SC(O)CC. The molecule has 32 valence electrons. The van der Waals surface area contributed by atoms with Crippen molar-refractivity contribution < 1.29 is 5.11 Å². The van der Waals surface area contributed by atoms with Crippen molar-refractivity contribution in [2.45, 2.75) is 18.8 Å². The van der Waals surface area contributed by atoms with E-state index in [0.29, 0.717) is 6.42 Å². The molecule has 0 aromatic carbocycles. The van der Waals surface area contributed by atoms with Crippen LogP contribution in [0.2, 0.25) is 0 Å². The minimum absolute atomic E-state index is 0.481. The molecule has 0 fully saturated rings.